The van der Waals surface area contributed by atoms with E-state index >= 15 is 0 Å². The molecule has 0 radical (unpaired) electrons. The Labute approximate surface area is 150 Å². The molecule has 1 N–H and O–H groups in total. The van der Waals surface area contributed by atoms with Crippen molar-refractivity contribution < 1.29 is 5.11 Å². The molecule has 0 aliphatic heterocycles. The minimum Gasteiger partial charge on any atom is -0.508 e. The fraction of sp³-hybridized carbons (Fsp3) is 0.474. The van der Waals surface area contributed by atoms with Gasteiger partial charge in [-0.05, 0) is 50.4 Å². The summed E-state index contributed by atoms with van der Waals surface area (Å²) in [6, 6.07) is 8.66. The van der Waals surface area contributed by atoms with E-state index < -0.39 is 8.07 Å². The number of benzene rings is 1. The molecule has 2 aromatic rings. The Kier molecular flexibility index (Phi) is 6.03. The summed E-state index contributed by atoms with van der Waals surface area (Å²) < 4.78 is 1.57. The number of hydrogen-bond acceptors (Lipinski definition) is 3. The molecule has 0 unspecified atom stereocenters. The summed E-state index contributed by atoms with van der Waals surface area (Å²) in [7, 11) is -1.41. The van der Waals surface area contributed by atoms with E-state index in [9.17, 15) is 5.11 Å². The summed E-state index contributed by atoms with van der Waals surface area (Å²) in [5, 5.41) is 13.7. The van der Waals surface area contributed by atoms with E-state index in [1.54, 1.807) is 4.50 Å². The molecule has 0 aliphatic carbocycles. The lowest BCUT2D eigenvalue weighted by atomic mass is 9.96. The van der Waals surface area contributed by atoms with Crippen LogP contribution in [0.25, 0.3) is 0 Å². The van der Waals surface area contributed by atoms with E-state index in [0.29, 0.717) is 17.6 Å². The van der Waals surface area contributed by atoms with E-state index in [2.05, 4.69) is 64.4 Å². The average molecular weight is 365 g/mol. The standard InChI is InChI=1S/C19H28OS2Si/c1-13(2)15-11-18(16(14(3)4)10-17(15)20)22-12-23(5,6)19-8-7-9-21-19/h7-11,13-14,20H,12H2,1-6H3. The Morgan fingerprint density at radius 1 is 1.09 bits per heavy atom. The van der Waals surface area contributed by atoms with Gasteiger partial charge in [-0.1, -0.05) is 52.9 Å². The third-order valence-electron chi connectivity index (χ3n) is 4.18. The smallest absolute Gasteiger partial charge is 0.119 e. The van der Waals surface area contributed by atoms with Gasteiger partial charge in [-0.15, -0.1) is 11.8 Å². The lowest BCUT2D eigenvalue weighted by Gasteiger charge is -2.23. The van der Waals surface area contributed by atoms with Gasteiger partial charge >= 0.3 is 0 Å². The first-order chi connectivity index (χ1) is 10.7. The van der Waals surface area contributed by atoms with Crippen LogP contribution in [0.3, 0.4) is 0 Å². The number of rotatable bonds is 6. The molecule has 0 bridgehead atoms. The molecule has 0 atom stereocenters. The number of phenolic OH excluding ortho intramolecular Hbond substituents is 1. The van der Waals surface area contributed by atoms with Crippen molar-refractivity contribution in [2.45, 2.75) is 57.5 Å². The van der Waals surface area contributed by atoms with Crippen LogP contribution in [0.2, 0.25) is 13.1 Å². The highest BCUT2D eigenvalue weighted by Crippen LogP contribution is 2.37. The SMILES string of the molecule is CC(C)c1cc(SC[Si](C)(C)c2cccs2)c(C(C)C)cc1O. The molecule has 4 heteroatoms. The summed E-state index contributed by atoms with van der Waals surface area (Å²) in [5.74, 6) is 1.22. The van der Waals surface area contributed by atoms with Crippen molar-refractivity contribution in [1.82, 2.24) is 0 Å². The van der Waals surface area contributed by atoms with Gasteiger partial charge in [0.25, 0.3) is 0 Å². The summed E-state index contributed by atoms with van der Waals surface area (Å²) in [5.41, 5.74) is 2.33. The van der Waals surface area contributed by atoms with Crippen LogP contribution in [0, 0.1) is 0 Å². The van der Waals surface area contributed by atoms with Gasteiger partial charge in [0.05, 0.1) is 0 Å². The molecule has 1 nitrogen and oxygen atoms in total. The van der Waals surface area contributed by atoms with Gasteiger partial charge in [0.15, 0.2) is 0 Å². The van der Waals surface area contributed by atoms with Gasteiger partial charge in [-0.3, -0.25) is 0 Å². The predicted molar refractivity (Wildman–Crippen MR) is 108 cm³/mol. The third-order valence-corrected chi connectivity index (χ3v) is 12.5. The van der Waals surface area contributed by atoms with Crippen molar-refractivity contribution in [2.75, 3.05) is 5.38 Å². The van der Waals surface area contributed by atoms with Crippen molar-refractivity contribution in [3.63, 3.8) is 0 Å². The van der Waals surface area contributed by atoms with Crippen molar-refractivity contribution in [1.29, 1.82) is 0 Å². The minimum absolute atomic E-state index is 0.345. The first-order valence-electron chi connectivity index (χ1n) is 8.26. The van der Waals surface area contributed by atoms with Crippen molar-refractivity contribution >= 4 is 35.7 Å². The maximum Gasteiger partial charge on any atom is 0.119 e. The summed E-state index contributed by atoms with van der Waals surface area (Å²) in [4.78, 5) is 1.35. The monoisotopic (exact) mass is 364 g/mol. The average Bonchev–Trinajstić information content (AvgIpc) is 3.00. The highest BCUT2D eigenvalue weighted by Gasteiger charge is 2.26. The Hall–Kier alpha value is -0.713. The van der Waals surface area contributed by atoms with Crippen LogP contribution in [0.5, 0.6) is 5.75 Å². The van der Waals surface area contributed by atoms with Crippen molar-refractivity contribution in [3.8, 4) is 5.75 Å². The fourth-order valence-corrected chi connectivity index (χ4v) is 8.96. The second-order valence-corrected chi connectivity index (χ2v) is 14.9. The highest BCUT2D eigenvalue weighted by atomic mass is 32.2. The maximum atomic E-state index is 10.3. The maximum absolute atomic E-state index is 10.3. The van der Waals surface area contributed by atoms with Crippen LogP contribution in [0.15, 0.2) is 34.5 Å². The molecule has 0 saturated heterocycles. The first-order valence-corrected chi connectivity index (χ1v) is 13.3. The van der Waals surface area contributed by atoms with Crippen LogP contribution >= 0.6 is 23.1 Å². The second-order valence-electron chi connectivity index (χ2n) is 7.41. The first kappa shape index (κ1) is 18.6. The number of hydrogen-bond donors (Lipinski definition) is 1. The van der Waals surface area contributed by atoms with Gasteiger partial charge in [0, 0.05) is 4.90 Å². The Balaban J connectivity index is 2.29. The van der Waals surface area contributed by atoms with Crippen LogP contribution < -0.4 is 4.50 Å². The fourth-order valence-electron chi connectivity index (χ4n) is 2.63. The van der Waals surface area contributed by atoms with E-state index in [4.69, 9.17) is 0 Å². The molecule has 1 aromatic carbocycles. The van der Waals surface area contributed by atoms with Crippen LogP contribution in [0.4, 0.5) is 0 Å². The number of phenols is 1. The molecular weight excluding hydrogens is 336 g/mol. The summed E-state index contributed by atoms with van der Waals surface area (Å²) >= 11 is 3.87. The normalized spacial score (nSPS) is 12.3. The molecule has 1 heterocycles. The van der Waals surface area contributed by atoms with Crippen molar-refractivity contribution in [2.24, 2.45) is 0 Å². The van der Waals surface area contributed by atoms with Gasteiger partial charge in [0.1, 0.15) is 13.8 Å². The molecule has 0 saturated carbocycles. The lowest BCUT2D eigenvalue weighted by Crippen LogP contribution is -2.42. The lowest BCUT2D eigenvalue weighted by molar-refractivity contribution is 0.462. The van der Waals surface area contributed by atoms with Gasteiger partial charge in [-0.25, -0.2) is 0 Å². The molecule has 23 heavy (non-hydrogen) atoms. The zero-order valence-electron chi connectivity index (χ0n) is 15.0. The number of thioether (sulfide) groups is 1. The van der Waals surface area contributed by atoms with E-state index in [0.717, 1.165) is 5.56 Å². The molecule has 0 amide bonds. The van der Waals surface area contributed by atoms with Gasteiger partial charge in [-0.2, -0.15) is 11.3 Å². The quantitative estimate of drug-likeness (QED) is 0.505. The zero-order valence-corrected chi connectivity index (χ0v) is 17.6. The van der Waals surface area contributed by atoms with E-state index in [1.165, 1.54) is 15.8 Å². The molecule has 0 spiro atoms. The topological polar surface area (TPSA) is 20.2 Å². The molecular formula is C19H28OS2Si. The van der Waals surface area contributed by atoms with E-state index in [-0.39, 0.29) is 0 Å². The summed E-state index contributed by atoms with van der Waals surface area (Å²) in [6.45, 7) is 13.6. The highest BCUT2D eigenvalue weighted by molar-refractivity contribution is 8.01. The van der Waals surface area contributed by atoms with E-state index in [1.807, 2.05) is 29.2 Å². The molecule has 0 aliphatic rings. The number of aromatic hydroxyl groups is 1. The van der Waals surface area contributed by atoms with Gasteiger partial charge < -0.3 is 5.11 Å². The predicted octanol–water partition coefficient (Wildman–Crippen LogP) is 5.95. The second kappa shape index (κ2) is 7.45. The Morgan fingerprint density at radius 3 is 2.26 bits per heavy atom. The van der Waals surface area contributed by atoms with Gasteiger partial charge in [0.2, 0.25) is 0 Å². The number of thiophene rings is 1. The van der Waals surface area contributed by atoms with Crippen LogP contribution in [-0.2, 0) is 0 Å². The minimum atomic E-state index is -1.41. The zero-order chi connectivity index (χ0) is 17.2. The molecule has 2 rings (SSSR count). The molecule has 126 valence electrons. The summed E-state index contributed by atoms with van der Waals surface area (Å²) in [6.07, 6.45) is 0. The Bertz CT molecular complexity index is 646. The van der Waals surface area contributed by atoms with Crippen molar-refractivity contribution in [3.05, 3.63) is 40.8 Å². The van der Waals surface area contributed by atoms with Crippen LogP contribution in [0.1, 0.15) is 50.7 Å². The molecule has 1 aromatic heterocycles. The van der Waals surface area contributed by atoms with Crippen LogP contribution in [-0.4, -0.2) is 18.6 Å². The molecule has 0 fully saturated rings. The Morgan fingerprint density at radius 2 is 1.74 bits per heavy atom. The largest absolute Gasteiger partial charge is 0.508 e. The third kappa shape index (κ3) is 4.43.